The first-order chi connectivity index (χ1) is 14.2. The average Bonchev–Trinajstić information content (AvgIpc) is 2.68. The molecule has 3 N–H and O–H groups in total. The number of carbonyl (C=O) groups excluding carboxylic acids is 2. The molecule has 3 rings (SSSR count). The lowest BCUT2D eigenvalue weighted by atomic mass is 9.95. The van der Waals surface area contributed by atoms with Gasteiger partial charge in [0.1, 0.15) is 17.3 Å². The van der Waals surface area contributed by atoms with Gasteiger partial charge in [0.25, 0.3) is 5.91 Å². The molecule has 6 nitrogen and oxygen atoms in total. The number of hydrogen-bond acceptors (Lipinski definition) is 5. The Kier molecular flexibility index (Phi) is 6.05. The largest absolute Gasteiger partial charge is 0.505 e. The van der Waals surface area contributed by atoms with Crippen LogP contribution in [0.5, 0.6) is 5.75 Å². The van der Waals surface area contributed by atoms with E-state index >= 15 is 0 Å². The molecular formula is C22H23F2N3O3. The first-order valence-corrected chi connectivity index (χ1v) is 9.50. The summed E-state index contributed by atoms with van der Waals surface area (Å²) in [5.41, 5.74) is 1.57. The standard InChI is InChI=1S/C22H23F2N3O3/c1-4-16(12-8-13(23)10-14(24)9-12)25-18-11-19(28)20(18)26-17-7-5-6-15(21(17)29)22(30)27(2)3/h5-10,16,25-26,29H,4,11H2,1-3H3. The number of rotatable bonds is 7. The van der Waals surface area contributed by atoms with Gasteiger partial charge in [0, 0.05) is 25.9 Å². The molecule has 0 saturated heterocycles. The summed E-state index contributed by atoms with van der Waals surface area (Å²) in [5.74, 6) is -2.16. The number of phenols is 1. The SMILES string of the molecule is CCC(NC1=C(Nc2cccc(C(=O)N(C)C)c2O)C(=O)C1)c1cc(F)cc(F)c1. The second-order valence-corrected chi connectivity index (χ2v) is 7.29. The van der Waals surface area contributed by atoms with E-state index in [1.807, 2.05) is 6.92 Å². The lowest BCUT2D eigenvalue weighted by Gasteiger charge is -2.29. The van der Waals surface area contributed by atoms with Crippen molar-refractivity contribution in [3.05, 3.63) is 70.6 Å². The van der Waals surface area contributed by atoms with Crippen molar-refractivity contribution in [2.24, 2.45) is 0 Å². The quantitative estimate of drug-likeness (QED) is 0.601. The number of anilines is 1. The molecule has 1 aliphatic carbocycles. The number of allylic oxidation sites excluding steroid dienone is 2. The molecular weight excluding hydrogens is 392 g/mol. The van der Waals surface area contributed by atoms with Crippen LogP contribution < -0.4 is 10.6 Å². The molecule has 1 amide bonds. The minimum Gasteiger partial charge on any atom is -0.505 e. The van der Waals surface area contributed by atoms with Crippen LogP contribution in [0.3, 0.4) is 0 Å². The van der Waals surface area contributed by atoms with E-state index in [-0.39, 0.29) is 40.8 Å². The predicted octanol–water partition coefficient (Wildman–Crippen LogP) is 3.71. The fourth-order valence-corrected chi connectivity index (χ4v) is 3.27. The molecule has 0 bridgehead atoms. The van der Waals surface area contributed by atoms with Gasteiger partial charge in [-0.1, -0.05) is 13.0 Å². The molecule has 0 saturated carbocycles. The van der Waals surface area contributed by atoms with Crippen LogP contribution in [0.15, 0.2) is 47.8 Å². The summed E-state index contributed by atoms with van der Waals surface area (Å²) >= 11 is 0. The van der Waals surface area contributed by atoms with Crippen molar-refractivity contribution >= 4 is 17.4 Å². The molecule has 0 aliphatic heterocycles. The van der Waals surface area contributed by atoms with Gasteiger partial charge in [0.05, 0.1) is 23.7 Å². The molecule has 8 heteroatoms. The van der Waals surface area contributed by atoms with Gasteiger partial charge in [-0.2, -0.15) is 0 Å². The van der Waals surface area contributed by atoms with Crippen molar-refractivity contribution in [1.29, 1.82) is 0 Å². The zero-order chi connectivity index (χ0) is 22.0. The van der Waals surface area contributed by atoms with Gasteiger partial charge in [-0.25, -0.2) is 8.78 Å². The zero-order valence-electron chi connectivity index (χ0n) is 16.9. The number of aromatic hydroxyl groups is 1. The molecule has 2 aromatic carbocycles. The highest BCUT2D eigenvalue weighted by atomic mass is 19.1. The Balaban J connectivity index is 1.86. The number of benzene rings is 2. The molecule has 1 aliphatic rings. The smallest absolute Gasteiger partial charge is 0.257 e. The first-order valence-electron chi connectivity index (χ1n) is 9.50. The summed E-state index contributed by atoms with van der Waals surface area (Å²) in [4.78, 5) is 25.7. The zero-order valence-corrected chi connectivity index (χ0v) is 16.9. The third-order valence-corrected chi connectivity index (χ3v) is 4.89. The number of para-hydroxylation sites is 1. The van der Waals surface area contributed by atoms with Gasteiger partial charge < -0.3 is 20.6 Å². The number of nitrogens with one attached hydrogen (secondary N) is 2. The molecule has 1 atom stereocenters. The second kappa shape index (κ2) is 8.52. The van der Waals surface area contributed by atoms with Crippen molar-refractivity contribution in [2.45, 2.75) is 25.8 Å². The van der Waals surface area contributed by atoms with Gasteiger partial charge >= 0.3 is 0 Å². The van der Waals surface area contributed by atoms with Crippen LogP contribution in [-0.2, 0) is 4.79 Å². The maximum Gasteiger partial charge on any atom is 0.257 e. The van der Waals surface area contributed by atoms with E-state index in [1.165, 1.54) is 23.1 Å². The van der Waals surface area contributed by atoms with E-state index in [2.05, 4.69) is 10.6 Å². The minimum atomic E-state index is -0.672. The Morgan fingerprint density at radius 3 is 2.43 bits per heavy atom. The summed E-state index contributed by atoms with van der Waals surface area (Å²) in [5, 5.41) is 16.5. The normalized spacial score (nSPS) is 14.2. The summed E-state index contributed by atoms with van der Waals surface area (Å²) < 4.78 is 27.2. The molecule has 2 aromatic rings. The van der Waals surface area contributed by atoms with E-state index in [1.54, 1.807) is 26.2 Å². The van der Waals surface area contributed by atoms with Crippen molar-refractivity contribution in [3.63, 3.8) is 0 Å². The average molecular weight is 415 g/mol. The number of ketones is 1. The van der Waals surface area contributed by atoms with Gasteiger partial charge in [-0.15, -0.1) is 0 Å². The molecule has 0 spiro atoms. The maximum atomic E-state index is 13.6. The number of Topliss-reactive ketones (excluding diaryl/α,β-unsaturated/α-hetero) is 1. The van der Waals surface area contributed by atoms with Gasteiger partial charge in [0.15, 0.2) is 11.5 Å². The number of hydrogen-bond donors (Lipinski definition) is 3. The third kappa shape index (κ3) is 4.27. The van der Waals surface area contributed by atoms with Crippen LogP contribution in [-0.4, -0.2) is 35.8 Å². The van der Waals surface area contributed by atoms with Crippen LogP contribution in [0.25, 0.3) is 0 Å². The number of halogens is 2. The Hall–Kier alpha value is -3.42. The van der Waals surface area contributed by atoms with E-state index < -0.39 is 17.7 Å². The topological polar surface area (TPSA) is 81.7 Å². The van der Waals surface area contributed by atoms with Crippen LogP contribution in [0.2, 0.25) is 0 Å². The minimum absolute atomic E-state index is 0.105. The maximum absolute atomic E-state index is 13.6. The Labute approximate surface area is 173 Å². The molecule has 0 aromatic heterocycles. The fraction of sp³-hybridized carbons (Fsp3) is 0.273. The molecule has 0 heterocycles. The monoisotopic (exact) mass is 415 g/mol. The predicted molar refractivity (Wildman–Crippen MR) is 109 cm³/mol. The summed E-state index contributed by atoms with van der Waals surface area (Å²) in [7, 11) is 3.14. The molecule has 30 heavy (non-hydrogen) atoms. The summed E-state index contributed by atoms with van der Waals surface area (Å²) in [6.07, 6.45) is 0.666. The van der Waals surface area contributed by atoms with Crippen LogP contribution >= 0.6 is 0 Å². The van der Waals surface area contributed by atoms with E-state index in [0.29, 0.717) is 17.7 Å². The summed E-state index contributed by atoms with van der Waals surface area (Å²) in [6, 6.07) is 7.55. The van der Waals surface area contributed by atoms with Gasteiger partial charge in [-0.05, 0) is 36.2 Å². The highest BCUT2D eigenvalue weighted by Crippen LogP contribution is 2.33. The Morgan fingerprint density at radius 2 is 1.87 bits per heavy atom. The van der Waals surface area contributed by atoms with E-state index in [9.17, 15) is 23.5 Å². The number of phenolic OH excluding ortho intramolecular Hbond substituents is 1. The Bertz CT molecular complexity index is 1010. The second-order valence-electron chi connectivity index (χ2n) is 7.29. The van der Waals surface area contributed by atoms with Crippen molar-refractivity contribution < 1.29 is 23.5 Å². The number of amides is 1. The highest BCUT2D eigenvalue weighted by Gasteiger charge is 2.30. The van der Waals surface area contributed by atoms with Crippen molar-refractivity contribution in [3.8, 4) is 5.75 Å². The van der Waals surface area contributed by atoms with Gasteiger partial charge in [0.2, 0.25) is 0 Å². The fourth-order valence-electron chi connectivity index (χ4n) is 3.27. The van der Waals surface area contributed by atoms with E-state index in [0.717, 1.165) is 6.07 Å². The van der Waals surface area contributed by atoms with Gasteiger partial charge in [-0.3, -0.25) is 9.59 Å². The molecule has 0 fully saturated rings. The van der Waals surface area contributed by atoms with E-state index in [4.69, 9.17) is 0 Å². The van der Waals surface area contributed by atoms with Crippen LogP contribution in [0, 0.1) is 11.6 Å². The number of nitrogens with zero attached hydrogens (tertiary/aromatic N) is 1. The summed E-state index contributed by atoms with van der Waals surface area (Å²) in [6.45, 7) is 1.86. The lowest BCUT2D eigenvalue weighted by molar-refractivity contribution is -0.116. The van der Waals surface area contributed by atoms with Crippen molar-refractivity contribution in [2.75, 3.05) is 19.4 Å². The molecule has 0 radical (unpaired) electrons. The van der Waals surface area contributed by atoms with Crippen LogP contribution in [0.4, 0.5) is 14.5 Å². The highest BCUT2D eigenvalue weighted by molar-refractivity contribution is 6.07. The molecule has 1 unspecified atom stereocenters. The third-order valence-electron chi connectivity index (χ3n) is 4.89. The lowest BCUT2D eigenvalue weighted by Crippen LogP contribution is -2.34. The van der Waals surface area contributed by atoms with Crippen molar-refractivity contribution in [1.82, 2.24) is 10.2 Å². The first kappa shape index (κ1) is 21.3. The van der Waals surface area contributed by atoms with Crippen LogP contribution in [0.1, 0.15) is 41.7 Å². The molecule has 158 valence electrons. The Morgan fingerprint density at radius 1 is 1.20 bits per heavy atom. The number of carbonyl (C=O) groups is 2.